The van der Waals surface area contributed by atoms with E-state index < -0.39 is 0 Å². The van der Waals surface area contributed by atoms with Crippen LogP contribution in [0.2, 0.25) is 0 Å². The van der Waals surface area contributed by atoms with Crippen LogP contribution in [0.5, 0.6) is 0 Å². The number of amides is 4. The van der Waals surface area contributed by atoms with Crippen LogP contribution >= 0.6 is 22.6 Å². The number of imide groups is 1. The van der Waals surface area contributed by atoms with Gasteiger partial charge in [0.25, 0.3) is 5.91 Å². The number of carbonyl (C=O) groups excluding carboxylic acids is 3. The Kier molecular flexibility index (Phi) is 4.56. The van der Waals surface area contributed by atoms with Gasteiger partial charge in [-0.1, -0.05) is 0 Å². The summed E-state index contributed by atoms with van der Waals surface area (Å²) in [5, 5.41) is 2.78. The van der Waals surface area contributed by atoms with E-state index in [1.165, 1.54) is 0 Å². The molecule has 122 valence electrons. The number of carbonyl (C=O) groups is 3. The van der Waals surface area contributed by atoms with Crippen LogP contribution in [-0.2, 0) is 9.59 Å². The third-order valence-corrected chi connectivity index (χ3v) is 4.97. The van der Waals surface area contributed by atoms with Gasteiger partial charge in [-0.2, -0.15) is 0 Å². The first kappa shape index (κ1) is 16.2. The molecule has 2 heterocycles. The van der Waals surface area contributed by atoms with E-state index in [2.05, 4.69) is 27.9 Å². The fourth-order valence-corrected chi connectivity index (χ4v) is 3.74. The van der Waals surface area contributed by atoms with Gasteiger partial charge in [-0.05, 0) is 72.5 Å². The first-order valence-electron chi connectivity index (χ1n) is 7.65. The molecule has 4 amide bonds. The molecule has 1 aromatic rings. The summed E-state index contributed by atoms with van der Waals surface area (Å²) in [5.41, 5.74) is 1.65. The first-order chi connectivity index (χ1) is 11.0. The Balaban J connectivity index is 1.68. The molecule has 3 rings (SSSR count). The van der Waals surface area contributed by atoms with Gasteiger partial charge in [0, 0.05) is 15.8 Å². The summed E-state index contributed by atoms with van der Waals surface area (Å²) < 4.78 is 1.08. The fourth-order valence-electron chi connectivity index (χ4n) is 3.09. The molecule has 0 radical (unpaired) electrons. The summed E-state index contributed by atoms with van der Waals surface area (Å²) in [6.07, 6.45) is 2.55. The Morgan fingerprint density at radius 1 is 1.35 bits per heavy atom. The number of hydrogen-bond donors (Lipinski definition) is 1. The van der Waals surface area contributed by atoms with Crippen molar-refractivity contribution in [2.75, 3.05) is 18.4 Å². The van der Waals surface area contributed by atoms with Crippen molar-refractivity contribution in [2.45, 2.75) is 32.2 Å². The summed E-state index contributed by atoms with van der Waals surface area (Å²) in [6.45, 7) is 2.28. The number of nitrogens with zero attached hydrogens (tertiary/aromatic N) is 2. The van der Waals surface area contributed by atoms with Gasteiger partial charge in [-0.15, -0.1) is 0 Å². The lowest BCUT2D eigenvalue weighted by molar-refractivity contribution is -0.131. The molecular formula is C16H18IN3O3. The fraction of sp³-hybridized carbons (Fsp3) is 0.438. The highest BCUT2D eigenvalue weighted by molar-refractivity contribution is 14.1. The SMILES string of the molecule is Cc1cc(I)ccc1NC(=O)CN1C(=O)C2CCCCN2C1=O. The quantitative estimate of drug-likeness (QED) is 0.595. The largest absolute Gasteiger partial charge is 0.327 e. The Morgan fingerprint density at radius 3 is 2.83 bits per heavy atom. The highest BCUT2D eigenvalue weighted by Crippen LogP contribution is 2.26. The van der Waals surface area contributed by atoms with Crippen LogP contribution < -0.4 is 5.32 Å². The van der Waals surface area contributed by atoms with Crippen molar-refractivity contribution in [1.29, 1.82) is 0 Å². The predicted octanol–water partition coefficient (Wildman–Crippen LogP) is 2.35. The van der Waals surface area contributed by atoms with Gasteiger partial charge in [0.1, 0.15) is 12.6 Å². The van der Waals surface area contributed by atoms with E-state index in [9.17, 15) is 14.4 Å². The Morgan fingerprint density at radius 2 is 2.13 bits per heavy atom. The predicted molar refractivity (Wildman–Crippen MR) is 94.0 cm³/mol. The number of rotatable bonds is 3. The minimum absolute atomic E-state index is 0.226. The highest BCUT2D eigenvalue weighted by Gasteiger charge is 2.46. The Hall–Kier alpha value is -1.64. The number of fused-ring (bicyclic) bond motifs is 1. The van der Waals surface area contributed by atoms with Crippen molar-refractivity contribution in [3.63, 3.8) is 0 Å². The van der Waals surface area contributed by atoms with Crippen LogP contribution in [0.15, 0.2) is 18.2 Å². The number of nitrogens with one attached hydrogen (secondary N) is 1. The monoisotopic (exact) mass is 427 g/mol. The van der Waals surface area contributed by atoms with Gasteiger partial charge >= 0.3 is 6.03 Å². The van der Waals surface area contributed by atoms with Gasteiger partial charge in [0.05, 0.1) is 0 Å². The molecule has 1 atom stereocenters. The van der Waals surface area contributed by atoms with Crippen molar-refractivity contribution in [3.05, 3.63) is 27.3 Å². The van der Waals surface area contributed by atoms with E-state index in [-0.39, 0.29) is 30.4 Å². The van der Waals surface area contributed by atoms with Crippen molar-refractivity contribution in [1.82, 2.24) is 9.80 Å². The number of urea groups is 1. The number of piperidine rings is 1. The smallest absolute Gasteiger partial charge is 0.324 e. The molecule has 2 saturated heterocycles. The van der Waals surface area contributed by atoms with Crippen LogP contribution in [0.25, 0.3) is 0 Å². The van der Waals surface area contributed by atoms with Crippen LogP contribution in [0.1, 0.15) is 24.8 Å². The van der Waals surface area contributed by atoms with Crippen molar-refractivity contribution in [3.8, 4) is 0 Å². The minimum Gasteiger partial charge on any atom is -0.324 e. The second kappa shape index (κ2) is 6.46. The zero-order chi connectivity index (χ0) is 16.6. The lowest BCUT2D eigenvalue weighted by Gasteiger charge is -2.26. The van der Waals surface area contributed by atoms with E-state index in [0.29, 0.717) is 18.7 Å². The molecule has 0 aromatic heterocycles. The topological polar surface area (TPSA) is 69.7 Å². The number of halogens is 1. The average molecular weight is 427 g/mol. The number of anilines is 1. The molecule has 0 aliphatic carbocycles. The number of aryl methyl sites for hydroxylation is 1. The zero-order valence-corrected chi connectivity index (χ0v) is 15.0. The van der Waals surface area contributed by atoms with E-state index in [0.717, 1.165) is 26.9 Å². The third kappa shape index (κ3) is 3.19. The zero-order valence-electron chi connectivity index (χ0n) is 12.8. The summed E-state index contributed by atoms with van der Waals surface area (Å²) in [4.78, 5) is 39.5. The van der Waals surface area contributed by atoms with Crippen molar-refractivity contribution in [2.24, 2.45) is 0 Å². The standard InChI is InChI=1S/C16H18IN3O3/c1-10-8-11(17)5-6-12(10)18-14(21)9-20-15(22)13-4-2-3-7-19(13)16(20)23/h5-6,8,13H,2-4,7,9H2,1H3,(H,18,21). The molecule has 1 unspecified atom stereocenters. The second-order valence-electron chi connectivity index (χ2n) is 5.92. The maximum atomic E-state index is 12.3. The molecule has 23 heavy (non-hydrogen) atoms. The van der Waals surface area contributed by atoms with E-state index in [1.807, 2.05) is 25.1 Å². The van der Waals surface area contributed by atoms with E-state index >= 15 is 0 Å². The van der Waals surface area contributed by atoms with Gasteiger partial charge in [-0.3, -0.25) is 14.5 Å². The minimum atomic E-state index is -0.371. The molecule has 7 heteroatoms. The molecule has 0 saturated carbocycles. The number of hydrogen-bond acceptors (Lipinski definition) is 3. The highest BCUT2D eigenvalue weighted by atomic mass is 127. The average Bonchev–Trinajstić information content (AvgIpc) is 2.76. The van der Waals surface area contributed by atoms with Crippen LogP contribution in [0, 0.1) is 10.5 Å². The number of benzene rings is 1. The van der Waals surface area contributed by atoms with Gasteiger partial charge in [-0.25, -0.2) is 4.79 Å². The van der Waals surface area contributed by atoms with Crippen LogP contribution in [0.4, 0.5) is 10.5 Å². The molecule has 6 nitrogen and oxygen atoms in total. The first-order valence-corrected chi connectivity index (χ1v) is 8.73. The van der Waals surface area contributed by atoms with Gasteiger partial charge in [0.2, 0.25) is 5.91 Å². The molecule has 1 aromatic carbocycles. The maximum absolute atomic E-state index is 12.3. The molecule has 2 aliphatic rings. The normalized spacial score (nSPS) is 20.7. The molecule has 0 bridgehead atoms. The summed E-state index contributed by atoms with van der Waals surface area (Å²) in [6, 6.07) is 4.97. The summed E-state index contributed by atoms with van der Waals surface area (Å²) in [7, 11) is 0. The van der Waals surface area contributed by atoms with E-state index in [4.69, 9.17) is 0 Å². The molecule has 2 fully saturated rings. The van der Waals surface area contributed by atoms with Crippen LogP contribution in [-0.4, -0.2) is 46.8 Å². The third-order valence-electron chi connectivity index (χ3n) is 4.29. The van der Waals surface area contributed by atoms with Gasteiger partial charge in [0.15, 0.2) is 0 Å². The Labute approximate surface area is 148 Å². The lowest BCUT2D eigenvalue weighted by Crippen LogP contribution is -2.39. The van der Waals surface area contributed by atoms with Crippen molar-refractivity contribution < 1.29 is 14.4 Å². The van der Waals surface area contributed by atoms with Gasteiger partial charge < -0.3 is 10.2 Å². The maximum Gasteiger partial charge on any atom is 0.327 e. The molecule has 2 aliphatic heterocycles. The Bertz CT molecular complexity index is 653. The lowest BCUT2D eigenvalue weighted by atomic mass is 10.0. The summed E-state index contributed by atoms with van der Waals surface area (Å²) >= 11 is 2.20. The summed E-state index contributed by atoms with van der Waals surface area (Å²) in [5.74, 6) is -0.597. The molecular weight excluding hydrogens is 409 g/mol. The van der Waals surface area contributed by atoms with Crippen molar-refractivity contribution >= 4 is 46.1 Å². The van der Waals surface area contributed by atoms with E-state index in [1.54, 1.807) is 4.90 Å². The second-order valence-corrected chi connectivity index (χ2v) is 7.16. The molecule has 0 spiro atoms. The van der Waals surface area contributed by atoms with Crippen LogP contribution in [0.3, 0.4) is 0 Å². The molecule has 1 N–H and O–H groups in total.